The van der Waals surface area contributed by atoms with Gasteiger partial charge in [0.15, 0.2) is 11.6 Å². The first-order chi connectivity index (χ1) is 17.9. The number of fused-ring (bicyclic) bond motifs is 1. The number of rotatable bonds is 11. The Kier molecular flexibility index (Phi) is 8.50. The van der Waals surface area contributed by atoms with Gasteiger partial charge in [0.2, 0.25) is 0 Å². The lowest BCUT2D eigenvalue weighted by atomic mass is 9.70. The molecule has 0 amide bonds. The average Bonchev–Trinajstić information content (AvgIpc) is 3.23. The SMILES string of the molecule is CCOc1cccc(C(CC2=C3CC[C@H](OC(=O)c4ccccc4)[C@@]3(C)CCC2=O)(OCC)OCC)c1. The minimum absolute atomic E-state index is 0.118. The summed E-state index contributed by atoms with van der Waals surface area (Å²) in [6.45, 7) is 9.33. The molecular weight excluding hydrogens is 468 g/mol. The summed E-state index contributed by atoms with van der Waals surface area (Å²) in [6.07, 6.45) is 2.48. The Labute approximate surface area is 219 Å². The quantitative estimate of drug-likeness (QED) is 0.260. The molecule has 2 aromatic rings. The fourth-order valence-corrected chi connectivity index (χ4v) is 5.84. The van der Waals surface area contributed by atoms with Gasteiger partial charge < -0.3 is 18.9 Å². The van der Waals surface area contributed by atoms with Crippen LogP contribution in [0.1, 0.15) is 75.7 Å². The van der Waals surface area contributed by atoms with E-state index in [0.29, 0.717) is 57.5 Å². The van der Waals surface area contributed by atoms with Crippen molar-refractivity contribution >= 4 is 11.8 Å². The van der Waals surface area contributed by atoms with Gasteiger partial charge >= 0.3 is 5.97 Å². The zero-order valence-electron chi connectivity index (χ0n) is 22.4. The molecular formula is C31H38O6. The topological polar surface area (TPSA) is 71.1 Å². The molecule has 198 valence electrons. The first-order valence-electron chi connectivity index (χ1n) is 13.4. The van der Waals surface area contributed by atoms with Gasteiger partial charge in [-0.25, -0.2) is 4.79 Å². The minimum atomic E-state index is -1.12. The van der Waals surface area contributed by atoms with E-state index in [-0.39, 0.29) is 17.9 Å². The van der Waals surface area contributed by atoms with Gasteiger partial charge in [0, 0.05) is 42.6 Å². The van der Waals surface area contributed by atoms with Crippen LogP contribution < -0.4 is 4.74 Å². The lowest BCUT2D eigenvalue weighted by molar-refractivity contribution is -0.242. The Balaban J connectivity index is 1.70. The van der Waals surface area contributed by atoms with Gasteiger partial charge in [-0.15, -0.1) is 0 Å². The molecule has 4 rings (SSSR count). The highest BCUT2D eigenvalue weighted by molar-refractivity contribution is 5.98. The van der Waals surface area contributed by atoms with Crippen molar-refractivity contribution in [2.75, 3.05) is 19.8 Å². The first kappa shape index (κ1) is 27.1. The molecule has 0 aliphatic heterocycles. The zero-order chi connectivity index (χ0) is 26.5. The standard InChI is InChI=1S/C31H38O6/c1-5-34-24-15-11-14-23(20-24)31(35-6-2,36-7-3)21-25-26-16-17-28(30(26,4)19-18-27(25)32)37-29(33)22-12-9-8-10-13-22/h8-15,20,28H,5-7,16-19,21H2,1-4H3/t28-,30-/m0/s1. The van der Waals surface area contributed by atoms with E-state index in [2.05, 4.69) is 6.92 Å². The molecule has 6 heteroatoms. The molecule has 0 spiro atoms. The molecule has 6 nitrogen and oxygen atoms in total. The average molecular weight is 507 g/mol. The molecule has 2 aliphatic carbocycles. The predicted molar refractivity (Wildman–Crippen MR) is 141 cm³/mol. The van der Waals surface area contributed by atoms with Crippen molar-refractivity contribution in [3.05, 3.63) is 76.9 Å². The van der Waals surface area contributed by atoms with Gasteiger partial charge in [0.25, 0.3) is 0 Å². The molecule has 2 aliphatic rings. The maximum atomic E-state index is 13.4. The van der Waals surface area contributed by atoms with E-state index in [1.807, 2.05) is 63.2 Å². The van der Waals surface area contributed by atoms with E-state index in [4.69, 9.17) is 18.9 Å². The maximum absolute atomic E-state index is 13.4. The third kappa shape index (κ3) is 5.51. The lowest BCUT2D eigenvalue weighted by Crippen LogP contribution is -2.40. The van der Waals surface area contributed by atoms with Gasteiger partial charge in [0.05, 0.1) is 12.2 Å². The van der Waals surface area contributed by atoms with Gasteiger partial charge in [0.1, 0.15) is 11.9 Å². The summed E-state index contributed by atoms with van der Waals surface area (Å²) in [5.41, 5.74) is 2.78. The van der Waals surface area contributed by atoms with E-state index in [1.54, 1.807) is 12.1 Å². The number of benzene rings is 2. The molecule has 0 saturated heterocycles. The summed E-state index contributed by atoms with van der Waals surface area (Å²) in [4.78, 5) is 26.3. The molecule has 0 heterocycles. The molecule has 0 bridgehead atoms. The summed E-state index contributed by atoms with van der Waals surface area (Å²) >= 11 is 0. The monoisotopic (exact) mass is 506 g/mol. The summed E-state index contributed by atoms with van der Waals surface area (Å²) in [7, 11) is 0. The van der Waals surface area contributed by atoms with Crippen molar-refractivity contribution in [3.63, 3.8) is 0 Å². The fourth-order valence-electron chi connectivity index (χ4n) is 5.84. The second-order valence-electron chi connectivity index (χ2n) is 9.85. The zero-order valence-corrected chi connectivity index (χ0v) is 22.4. The second-order valence-corrected chi connectivity index (χ2v) is 9.85. The highest BCUT2D eigenvalue weighted by Crippen LogP contribution is 2.54. The number of carbonyl (C=O) groups excluding carboxylic acids is 2. The number of ether oxygens (including phenoxy) is 4. The Hall–Kier alpha value is -2.96. The molecule has 0 aromatic heterocycles. The Morgan fingerprint density at radius 1 is 0.973 bits per heavy atom. The van der Waals surface area contributed by atoms with Crippen molar-refractivity contribution in [2.45, 2.75) is 71.7 Å². The van der Waals surface area contributed by atoms with Crippen molar-refractivity contribution in [2.24, 2.45) is 5.41 Å². The number of Topliss-reactive ketones (excluding diaryl/α,β-unsaturated/α-hetero) is 1. The summed E-state index contributed by atoms with van der Waals surface area (Å²) in [5.74, 6) is -0.592. The van der Waals surface area contributed by atoms with Crippen LogP contribution >= 0.6 is 0 Å². The Morgan fingerprint density at radius 3 is 2.38 bits per heavy atom. The van der Waals surface area contributed by atoms with Crippen molar-refractivity contribution in [1.29, 1.82) is 0 Å². The molecule has 0 unspecified atom stereocenters. The van der Waals surface area contributed by atoms with E-state index < -0.39 is 11.2 Å². The third-order valence-corrected chi connectivity index (χ3v) is 7.64. The second kappa shape index (κ2) is 11.6. The largest absolute Gasteiger partial charge is 0.494 e. The highest BCUT2D eigenvalue weighted by Gasteiger charge is 2.51. The smallest absolute Gasteiger partial charge is 0.338 e. The maximum Gasteiger partial charge on any atom is 0.338 e. The van der Waals surface area contributed by atoms with Gasteiger partial charge in [-0.1, -0.05) is 42.8 Å². The molecule has 1 fully saturated rings. The van der Waals surface area contributed by atoms with E-state index in [1.165, 1.54) is 0 Å². The first-order valence-corrected chi connectivity index (χ1v) is 13.4. The minimum Gasteiger partial charge on any atom is -0.494 e. The summed E-state index contributed by atoms with van der Waals surface area (Å²) in [6, 6.07) is 16.8. The van der Waals surface area contributed by atoms with Crippen LogP contribution in [0.15, 0.2) is 65.7 Å². The van der Waals surface area contributed by atoms with Gasteiger partial charge in [-0.3, -0.25) is 4.79 Å². The number of esters is 1. The Bertz CT molecular complexity index is 1130. The lowest BCUT2D eigenvalue weighted by Gasteiger charge is -2.40. The van der Waals surface area contributed by atoms with Crippen LogP contribution in [0, 0.1) is 5.41 Å². The van der Waals surface area contributed by atoms with Crippen LogP contribution in [0.3, 0.4) is 0 Å². The van der Waals surface area contributed by atoms with Crippen LogP contribution in [0.25, 0.3) is 0 Å². The predicted octanol–water partition coefficient (Wildman–Crippen LogP) is 6.39. The molecule has 0 N–H and O–H groups in total. The Morgan fingerprint density at radius 2 is 1.70 bits per heavy atom. The number of hydrogen-bond donors (Lipinski definition) is 0. The third-order valence-electron chi connectivity index (χ3n) is 7.64. The van der Waals surface area contributed by atoms with Crippen molar-refractivity contribution in [3.8, 4) is 5.75 Å². The van der Waals surface area contributed by atoms with Gasteiger partial charge in [-0.05, 0) is 64.3 Å². The van der Waals surface area contributed by atoms with Crippen LogP contribution in [0.5, 0.6) is 5.75 Å². The summed E-state index contributed by atoms with van der Waals surface area (Å²) in [5, 5.41) is 0. The van der Waals surface area contributed by atoms with Crippen LogP contribution in [0.2, 0.25) is 0 Å². The fraction of sp³-hybridized carbons (Fsp3) is 0.484. The summed E-state index contributed by atoms with van der Waals surface area (Å²) < 4.78 is 24.4. The van der Waals surface area contributed by atoms with Crippen molar-refractivity contribution in [1.82, 2.24) is 0 Å². The van der Waals surface area contributed by atoms with E-state index in [0.717, 1.165) is 22.5 Å². The van der Waals surface area contributed by atoms with Crippen LogP contribution in [-0.2, 0) is 24.8 Å². The normalized spacial score (nSPS) is 21.6. The van der Waals surface area contributed by atoms with E-state index >= 15 is 0 Å². The number of ketones is 1. The number of hydrogen-bond acceptors (Lipinski definition) is 6. The van der Waals surface area contributed by atoms with E-state index in [9.17, 15) is 9.59 Å². The molecule has 37 heavy (non-hydrogen) atoms. The highest BCUT2D eigenvalue weighted by atomic mass is 16.7. The van der Waals surface area contributed by atoms with Gasteiger partial charge in [-0.2, -0.15) is 0 Å². The van der Waals surface area contributed by atoms with Crippen LogP contribution in [-0.4, -0.2) is 37.7 Å². The van der Waals surface area contributed by atoms with Crippen LogP contribution in [0.4, 0.5) is 0 Å². The molecule has 2 aromatic carbocycles. The van der Waals surface area contributed by atoms with Crippen molar-refractivity contribution < 1.29 is 28.5 Å². The molecule has 0 radical (unpaired) electrons. The molecule has 1 saturated carbocycles. The number of carbonyl (C=O) groups is 2. The molecule has 2 atom stereocenters.